The molecule has 2 aromatic rings. The molecule has 0 spiro atoms. The van der Waals surface area contributed by atoms with E-state index in [9.17, 15) is 14.7 Å². The normalized spacial score (nSPS) is 26.1. The summed E-state index contributed by atoms with van der Waals surface area (Å²) in [5, 5.41) is 13.3. The van der Waals surface area contributed by atoms with E-state index in [-0.39, 0.29) is 18.2 Å². The zero-order chi connectivity index (χ0) is 20.3. The van der Waals surface area contributed by atoms with Gasteiger partial charge in [0.05, 0.1) is 11.6 Å². The Morgan fingerprint density at radius 3 is 2.97 bits per heavy atom. The SMILES string of the molecule is C[C@H]1COc2c(N3CCC4NCCCC4C3)c(F)cc3cc(C(=O)O)c(=O)n1c23. The van der Waals surface area contributed by atoms with Crippen LogP contribution < -0.4 is 20.5 Å². The van der Waals surface area contributed by atoms with Gasteiger partial charge in [-0.15, -0.1) is 0 Å². The van der Waals surface area contributed by atoms with Crippen molar-refractivity contribution < 1.29 is 19.0 Å². The van der Waals surface area contributed by atoms with Crippen molar-refractivity contribution in [2.45, 2.75) is 38.3 Å². The predicted octanol–water partition coefficient (Wildman–Crippen LogP) is 2.37. The molecular weight excluding hydrogens is 377 g/mol. The number of nitrogens with one attached hydrogen (secondary N) is 1. The van der Waals surface area contributed by atoms with Crippen LogP contribution in [0.2, 0.25) is 0 Å². The minimum atomic E-state index is -1.31. The second-order valence-corrected chi connectivity index (χ2v) is 8.37. The van der Waals surface area contributed by atoms with Crippen molar-refractivity contribution in [2.75, 3.05) is 31.1 Å². The Morgan fingerprint density at radius 1 is 1.34 bits per heavy atom. The lowest BCUT2D eigenvalue weighted by Gasteiger charge is -2.43. The number of nitrogens with zero attached hydrogens (tertiary/aromatic N) is 2. The lowest BCUT2D eigenvalue weighted by atomic mass is 9.85. The molecule has 29 heavy (non-hydrogen) atoms. The summed E-state index contributed by atoms with van der Waals surface area (Å²) in [6.45, 7) is 4.49. The standard InChI is InChI=1S/C21H24FN3O4/c1-11-10-29-19-17-13(7-14(21(27)28)20(26)25(11)17)8-15(22)18(19)24-6-4-16-12(9-24)3-2-5-23-16/h7-8,11-12,16,23H,2-6,9-10H2,1H3,(H,27,28)/t11-,12?,16?/m0/s1. The van der Waals surface area contributed by atoms with Crippen LogP contribution in [-0.4, -0.2) is 47.9 Å². The highest BCUT2D eigenvalue weighted by atomic mass is 19.1. The molecule has 3 aliphatic rings. The van der Waals surface area contributed by atoms with Crippen LogP contribution in [0.4, 0.5) is 10.1 Å². The number of pyridine rings is 1. The third-order valence-electron chi connectivity index (χ3n) is 6.55. The zero-order valence-corrected chi connectivity index (χ0v) is 16.3. The molecule has 3 atom stereocenters. The quantitative estimate of drug-likeness (QED) is 0.804. The van der Waals surface area contributed by atoms with Crippen molar-refractivity contribution >= 4 is 22.6 Å². The zero-order valence-electron chi connectivity index (χ0n) is 16.3. The smallest absolute Gasteiger partial charge is 0.341 e. The van der Waals surface area contributed by atoms with E-state index in [0.29, 0.717) is 40.8 Å². The van der Waals surface area contributed by atoms with E-state index in [1.807, 2.05) is 4.90 Å². The van der Waals surface area contributed by atoms with Crippen LogP contribution >= 0.6 is 0 Å². The maximum atomic E-state index is 15.3. The van der Waals surface area contributed by atoms with Gasteiger partial charge < -0.3 is 20.1 Å². The van der Waals surface area contributed by atoms with E-state index in [1.54, 1.807) is 6.92 Å². The summed E-state index contributed by atoms with van der Waals surface area (Å²) >= 11 is 0. The molecular formula is C21H24FN3O4. The van der Waals surface area contributed by atoms with Crippen LogP contribution in [0.3, 0.4) is 0 Å². The Kier molecular flexibility index (Phi) is 4.27. The van der Waals surface area contributed by atoms with Crippen LogP contribution in [0.25, 0.3) is 10.9 Å². The molecule has 0 bridgehead atoms. The molecule has 7 nitrogen and oxygen atoms in total. The Morgan fingerprint density at radius 2 is 2.17 bits per heavy atom. The van der Waals surface area contributed by atoms with Gasteiger partial charge in [-0.25, -0.2) is 9.18 Å². The molecule has 154 valence electrons. The fourth-order valence-corrected chi connectivity index (χ4v) is 5.16. The molecule has 0 saturated carbocycles. The summed E-state index contributed by atoms with van der Waals surface area (Å²) in [4.78, 5) is 26.4. The second kappa shape index (κ2) is 6.73. The molecule has 1 aromatic carbocycles. The first kappa shape index (κ1) is 18.4. The molecule has 8 heteroatoms. The fourth-order valence-electron chi connectivity index (χ4n) is 5.16. The Balaban J connectivity index is 1.68. The topological polar surface area (TPSA) is 83.8 Å². The van der Waals surface area contributed by atoms with Crippen molar-refractivity contribution in [3.05, 3.63) is 33.9 Å². The number of hydrogen-bond donors (Lipinski definition) is 2. The first-order chi connectivity index (χ1) is 14.0. The number of benzene rings is 1. The molecule has 2 N–H and O–H groups in total. The Hall–Kier alpha value is -2.61. The Labute approximate surface area is 167 Å². The Bertz CT molecular complexity index is 1070. The largest absolute Gasteiger partial charge is 0.487 e. The minimum Gasteiger partial charge on any atom is -0.487 e. The van der Waals surface area contributed by atoms with Gasteiger partial charge in [0, 0.05) is 24.5 Å². The lowest BCUT2D eigenvalue weighted by molar-refractivity contribution is 0.0694. The number of carboxylic acid groups (broad SMARTS) is 1. The van der Waals surface area contributed by atoms with E-state index in [2.05, 4.69) is 5.32 Å². The predicted molar refractivity (Wildman–Crippen MR) is 107 cm³/mol. The first-order valence-corrected chi connectivity index (χ1v) is 10.2. The number of rotatable bonds is 2. The number of carbonyl (C=O) groups is 1. The fraction of sp³-hybridized carbons (Fsp3) is 0.524. The summed E-state index contributed by atoms with van der Waals surface area (Å²) < 4.78 is 22.7. The number of carboxylic acids is 1. The number of piperidine rings is 2. The molecule has 3 aliphatic heterocycles. The molecule has 0 aliphatic carbocycles. The van der Waals surface area contributed by atoms with Crippen LogP contribution in [-0.2, 0) is 0 Å². The van der Waals surface area contributed by atoms with Gasteiger partial charge in [0.2, 0.25) is 0 Å². The summed E-state index contributed by atoms with van der Waals surface area (Å²) in [5.74, 6) is -0.934. The van der Waals surface area contributed by atoms with E-state index in [0.717, 1.165) is 32.4 Å². The van der Waals surface area contributed by atoms with Crippen LogP contribution in [0, 0.1) is 11.7 Å². The van der Waals surface area contributed by atoms with Gasteiger partial charge in [-0.2, -0.15) is 0 Å². The molecule has 4 heterocycles. The first-order valence-electron chi connectivity index (χ1n) is 10.2. The number of halogens is 1. The van der Waals surface area contributed by atoms with Crippen molar-refractivity contribution in [1.82, 2.24) is 9.88 Å². The maximum Gasteiger partial charge on any atom is 0.341 e. The van der Waals surface area contributed by atoms with E-state index in [4.69, 9.17) is 4.74 Å². The number of fused-ring (bicyclic) bond motifs is 1. The van der Waals surface area contributed by atoms with Crippen molar-refractivity contribution in [3.63, 3.8) is 0 Å². The lowest BCUT2D eigenvalue weighted by Crippen LogP contribution is -2.52. The number of aromatic carboxylic acids is 1. The van der Waals surface area contributed by atoms with Crippen LogP contribution in [0.15, 0.2) is 16.9 Å². The van der Waals surface area contributed by atoms with Crippen molar-refractivity contribution in [3.8, 4) is 5.75 Å². The van der Waals surface area contributed by atoms with Crippen molar-refractivity contribution in [2.24, 2.45) is 5.92 Å². The average molecular weight is 401 g/mol. The molecule has 2 fully saturated rings. The highest BCUT2D eigenvalue weighted by Crippen LogP contribution is 2.43. The minimum absolute atomic E-state index is 0.197. The number of hydrogen-bond acceptors (Lipinski definition) is 5. The van der Waals surface area contributed by atoms with Gasteiger partial charge in [0.15, 0.2) is 11.6 Å². The molecule has 0 amide bonds. The second-order valence-electron chi connectivity index (χ2n) is 8.37. The molecule has 5 rings (SSSR count). The highest BCUT2D eigenvalue weighted by Gasteiger charge is 2.35. The summed E-state index contributed by atoms with van der Waals surface area (Å²) in [6.07, 6.45) is 3.17. The summed E-state index contributed by atoms with van der Waals surface area (Å²) in [6, 6.07) is 2.73. The van der Waals surface area contributed by atoms with Gasteiger partial charge in [-0.05, 0) is 50.8 Å². The van der Waals surface area contributed by atoms with E-state index >= 15 is 4.39 Å². The third-order valence-corrected chi connectivity index (χ3v) is 6.55. The van der Waals surface area contributed by atoms with Gasteiger partial charge in [-0.1, -0.05) is 0 Å². The van der Waals surface area contributed by atoms with Gasteiger partial charge in [0.1, 0.15) is 17.9 Å². The molecule has 2 saturated heterocycles. The highest BCUT2D eigenvalue weighted by molar-refractivity contribution is 5.97. The molecule has 1 aromatic heterocycles. The monoisotopic (exact) mass is 401 g/mol. The van der Waals surface area contributed by atoms with Crippen molar-refractivity contribution in [1.29, 1.82) is 0 Å². The molecule has 2 unspecified atom stereocenters. The maximum absolute atomic E-state index is 15.3. The average Bonchev–Trinajstić information content (AvgIpc) is 2.71. The van der Waals surface area contributed by atoms with Gasteiger partial charge in [-0.3, -0.25) is 9.36 Å². The van der Waals surface area contributed by atoms with E-state index < -0.39 is 17.3 Å². The number of ether oxygens (including phenoxy) is 1. The third kappa shape index (κ3) is 2.80. The number of aromatic nitrogens is 1. The molecule has 0 radical (unpaired) electrons. The van der Waals surface area contributed by atoms with Crippen LogP contribution in [0.5, 0.6) is 5.75 Å². The number of anilines is 1. The summed E-state index contributed by atoms with van der Waals surface area (Å²) in [7, 11) is 0. The van der Waals surface area contributed by atoms with Gasteiger partial charge in [0.25, 0.3) is 5.56 Å². The van der Waals surface area contributed by atoms with Crippen LogP contribution in [0.1, 0.15) is 42.6 Å². The van der Waals surface area contributed by atoms with E-state index in [1.165, 1.54) is 16.7 Å². The summed E-state index contributed by atoms with van der Waals surface area (Å²) in [5.41, 5.74) is -0.0445. The van der Waals surface area contributed by atoms with Gasteiger partial charge >= 0.3 is 5.97 Å².